The lowest BCUT2D eigenvalue weighted by Crippen LogP contribution is -2.21. The van der Waals surface area contributed by atoms with Gasteiger partial charge in [0.25, 0.3) is 11.6 Å². The number of non-ortho nitro benzene ring substituents is 1. The van der Waals surface area contributed by atoms with Crippen molar-refractivity contribution in [3.05, 3.63) is 88.4 Å². The van der Waals surface area contributed by atoms with E-state index in [4.69, 9.17) is 13.9 Å². The third-order valence-corrected chi connectivity index (χ3v) is 3.77. The van der Waals surface area contributed by atoms with Gasteiger partial charge in [0.05, 0.1) is 11.2 Å². The van der Waals surface area contributed by atoms with E-state index in [0.717, 1.165) is 0 Å². The molecule has 1 heterocycles. The van der Waals surface area contributed by atoms with Crippen LogP contribution in [0.15, 0.2) is 71.3 Å². The molecule has 148 valence electrons. The predicted molar refractivity (Wildman–Crippen MR) is 101 cm³/mol. The number of nitrogens with zero attached hydrogens (tertiary/aromatic N) is 1. The van der Waals surface area contributed by atoms with Crippen LogP contribution in [0.1, 0.15) is 16.1 Å². The average Bonchev–Trinajstić information content (AvgIpc) is 3.20. The Balaban J connectivity index is 1.51. The maximum atomic E-state index is 12.2. The van der Waals surface area contributed by atoms with Gasteiger partial charge in [-0.05, 0) is 30.3 Å². The van der Waals surface area contributed by atoms with Crippen LogP contribution in [-0.4, -0.2) is 23.4 Å². The Morgan fingerprint density at radius 2 is 1.76 bits per heavy atom. The van der Waals surface area contributed by atoms with E-state index in [1.807, 2.05) is 18.2 Å². The molecule has 2 aromatic carbocycles. The van der Waals surface area contributed by atoms with Gasteiger partial charge in [-0.1, -0.05) is 18.2 Å². The van der Waals surface area contributed by atoms with Crippen LogP contribution in [0.3, 0.4) is 0 Å². The van der Waals surface area contributed by atoms with Gasteiger partial charge in [0.2, 0.25) is 5.76 Å². The van der Waals surface area contributed by atoms with Gasteiger partial charge < -0.3 is 19.2 Å². The molecule has 9 nitrogen and oxygen atoms in total. The lowest BCUT2D eigenvalue weighted by atomic mass is 10.2. The minimum Gasteiger partial charge on any atom is -0.489 e. The van der Waals surface area contributed by atoms with E-state index in [9.17, 15) is 19.7 Å². The molecule has 0 saturated heterocycles. The molecule has 3 rings (SSSR count). The van der Waals surface area contributed by atoms with Gasteiger partial charge >= 0.3 is 5.97 Å². The molecule has 29 heavy (non-hydrogen) atoms. The van der Waals surface area contributed by atoms with Crippen molar-refractivity contribution >= 4 is 23.3 Å². The van der Waals surface area contributed by atoms with Gasteiger partial charge in [-0.15, -0.1) is 0 Å². The van der Waals surface area contributed by atoms with Gasteiger partial charge in [0.1, 0.15) is 12.4 Å². The molecule has 0 spiro atoms. The van der Waals surface area contributed by atoms with Crippen molar-refractivity contribution in [2.24, 2.45) is 0 Å². The third kappa shape index (κ3) is 5.42. The Hall–Kier alpha value is -4.14. The zero-order valence-electron chi connectivity index (χ0n) is 15.1. The SMILES string of the molecule is O=C(COC(=O)c1occc1COc1ccccc1)Nc1ccc([N+](=O)[O-])cc1. The first-order valence-electron chi connectivity index (χ1n) is 8.48. The number of ether oxygens (including phenoxy) is 2. The van der Waals surface area contributed by atoms with E-state index < -0.39 is 23.4 Å². The zero-order chi connectivity index (χ0) is 20.6. The fourth-order valence-electron chi connectivity index (χ4n) is 2.37. The van der Waals surface area contributed by atoms with Crippen LogP contribution in [0, 0.1) is 10.1 Å². The van der Waals surface area contributed by atoms with E-state index in [2.05, 4.69) is 5.32 Å². The number of anilines is 1. The number of esters is 1. The first-order chi connectivity index (χ1) is 14.0. The number of nitro benzene ring substituents is 1. The molecule has 0 unspecified atom stereocenters. The number of benzene rings is 2. The maximum Gasteiger partial charge on any atom is 0.375 e. The van der Waals surface area contributed by atoms with E-state index in [0.29, 0.717) is 17.0 Å². The van der Waals surface area contributed by atoms with E-state index in [1.54, 1.807) is 18.2 Å². The number of amides is 1. The number of carbonyl (C=O) groups excluding carboxylic acids is 2. The number of rotatable bonds is 8. The van der Waals surface area contributed by atoms with E-state index >= 15 is 0 Å². The lowest BCUT2D eigenvalue weighted by molar-refractivity contribution is -0.384. The highest BCUT2D eigenvalue weighted by Gasteiger charge is 2.19. The molecule has 0 radical (unpaired) electrons. The van der Waals surface area contributed by atoms with Gasteiger partial charge in [-0.25, -0.2) is 4.79 Å². The quantitative estimate of drug-likeness (QED) is 0.351. The molecule has 9 heteroatoms. The average molecular weight is 396 g/mol. The highest BCUT2D eigenvalue weighted by Crippen LogP contribution is 2.17. The van der Waals surface area contributed by atoms with Gasteiger partial charge in [-0.3, -0.25) is 14.9 Å². The largest absolute Gasteiger partial charge is 0.489 e. The normalized spacial score (nSPS) is 10.2. The van der Waals surface area contributed by atoms with Crippen molar-refractivity contribution in [2.75, 3.05) is 11.9 Å². The molecule has 0 atom stereocenters. The summed E-state index contributed by atoms with van der Waals surface area (Å²) in [6, 6.07) is 15.9. The highest BCUT2D eigenvalue weighted by molar-refractivity contribution is 5.95. The van der Waals surface area contributed by atoms with Crippen molar-refractivity contribution in [1.29, 1.82) is 0 Å². The summed E-state index contributed by atoms with van der Waals surface area (Å²) in [5.74, 6) is -0.819. The molecule has 0 aliphatic heterocycles. The monoisotopic (exact) mass is 396 g/mol. The summed E-state index contributed by atoms with van der Waals surface area (Å²) < 4.78 is 15.7. The summed E-state index contributed by atoms with van der Waals surface area (Å²) in [4.78, 5) is 34.2. The topological polar surface area (TPSA) is 121 Å². The van der Waals surface area contributed by atoms with Crippen molar-refractivity contribution in [1.82, 2.24) is 0 Å². The fourth-order valence-corrected chi connectivity index (χ4v) is 2.37. The van der Waals surface area contributed by atoms with E-state index in [-0.39, 0.29) is 18.1 Å². The molecular formula is C20H16N2O7. The van der Waals surface area contributed by atoms with Crippen LogP contribution in [0.5, 0.6) is 5.75 Å². The Morgan fingerprint density at radius 3 is 2.45 bits per heavy atom. The molecule has 0 fully saturated rings. The second-order valence-electron chi connectivity index (χ2n) is 5.80. The van der Waals surface area contributed by atoms with Crippen molar-refractivity contribution in [2.45, 2.75) is 6.61 Å². The molecule has 1 aromatic heterocycles. The van der Waals surface area contributed by atoms with E-state index in [1.165, 1.54) is 30.5 Å². The standard InChI is InChI=1S/C20H16N2O7/c23-18(21-15-6-8-16(9-7-15)22(25)26)13-29-20(24)19-14(10-11-27-19)12-28-17-4-2-1-3-5-17/h1-11H,12-13H2,(H,21,23). The fraction of sp³-hybridized carbons (Fsp3) is 0.100. The van der Waals surface area contributed by atoms with Crippen LogP contribution in [0.25, 0.3) is 0 Å². The lowest BCUT2D eigenvalue weighted by Gasteiger charge is -2.07. The molecule has 0 aliphatic carbocycles. The van der Waals surface area contributed by atoms with Crippen LogP contribution >= 0.6 is 0 Å². The van der Waals surface area contributed by atoms with Crippen LogP contribution in [-0.2, 0) is 16.1 Å². The predicted octanol–water partition coefficient (Wildman–Crippen LogP) is 3.56. The number of carbonyl (C=O) groups is 2. The minimum absolute atomic E-state index is 0.0518. The van der Waals surface area contributed by atoms with Gasteiger partial charge in [0.15, 0.2) is 6.61 Å². The number of para-hydroxylation sites is 1. The smallest absolute Gasteiger partial charge is 0.375 e. The number of furan rings is 1. The van der Waals surface area contributed by atoms with Crippen LogP contribution < -0.4 is 10.1 Å². The first-order valence-corrected chi connectivity index (χ1v) is 8.48. The van der Waals surface area contributed by atoms with Crippen molar-refractivity contribution in [3.8, 4) is 5.75 Å². The third-order valence-electron chi connectivity index (χ3n) is 3.77. The maximum absolute atomic E-state index is 12.2. The Morgan fingerprint density at radius 1 is 1.03 bits per heavy atom. The number of hydrogen-bond acceptors (Lipinski definition) is 7. The number of hydrogen-bond donors (Lipinski definition) is 1. The molecule has 0 bridgehead atoms. The summed E-state index contributed by atoms with van der Waals surface area (Å²) in [6.45, 7) is -0.449. The molecule has 3 aromatic rings. The summed E-state index contributed by atoms with van der Waals surface area (Å²) >= 11 is 0. The zero-order valence-corrected chi connectivity index (χ0v) is 15.1. The van der Waals surface area contributed by atoms with Crippen LogP contribution in [0.2, 0.25) is 0 Å². The second-order valence-corrected chi connectivity index (χ2v) is 5.80. The Bertz CT molecular complexity index is 997. The highest BCUT2D eigenvalue weighted by atomic mass is 16.6. The number of nitrogens with one attached hydrogen (secondary N) is 1. The summed E-state index contributed by atoms with van der Waals surface area (Å²) in [6.07, 6.45) is 1.33. The number of nitro groups is 1. The Labute approximate surface area is 165 Å². The van der Waals surface area contributed by atoms with Crippen molar-refractivity contribution < 1.29 is 28.4 Å². The Kier molecular flexibility index (Phi) is 6.21. The minimum atomic E-state index is -0.805. The van der Waals surface area contributed by atoms with Gasteiger partial charge in [0, 0.05) is 23.4 Å². The molecule has 0 aliphatic rings. The summed E-state index contributed by atoms with van der Waals surface area (Å²) in [5, 5.41) is 13.1. The molecular weight excluding hydrogens is 380 g/mol. The van der Waals surface area contributed by atoms with Gasteiger partial charge in [-0.2, -0.15) is 0 Å². The van der Waals surface area contributed by atoms with Crippen molar-refractivity contribution in [3.63, 3.8) is 0 Å². The molecule has 1 N–H and O–H groups in total. The molecule has 0 saturated carbocycles. The van der Waals surface area contributed by atoms with Crippen LogP contribution in [0.4, 0.5) is 11.4 Å². The first kappa shape index (κ1) is 19.6. The summed E-state index contributed by atoms with van der Waals surface area (Å²) in [7, 11) is 0. The molecule has 1 amide bonds. The second kappa shape index (κ2) is 9.18. The summed E-state index contributed by atoms with van der Waals surface area (Å²) in [5.41, 5.74) is 0.721.